The van der Waals surface area contributed by atoms with Crippen LogP contribution in [0.15, 0.2) is 24.3 Å². The molecule has 1 aliphatic rings. The first-order valence-electron chi connectivity index (χ1n) is 11.5. The zero-order chi connectivity index (χ0) is 23.8. The quantitative estimate of drug-likeness (QED) is 0.473. The van der Waals surface area contributed by atoms with Gasteiger partial charge in [-0.15, -0.1) is 0 Å². The number of hydrogen-bond acceptors (Lipinski definition) is 6. The largest absolute Gasteiger partial charge is 0.383 e. The maximum atomic E-state index is 13.5. The molecule has 182 valence electrons. The summed E-state index contributed by atoms with van der Waals surface area (Å²) in [5.41, 5.74) is 8.05. The predicted octanol–water partition coefficient (Wildman–Crippen LogP) is 1.69. The monoisotopic (exact) mass is 468 g/mol. The highest BCUT2D eigenvalue weighted by Gasteiger charge is 2.52. The first kappa shape index (κ1) is 26.6. The summed E-state index contributed by atoms with van der Waals surface area (Å²) in [7, 11) is -0.707. The lowest BCUT2D eigenvalue weighted by Gasteiger charge is -2.41. The molecule has 0 atom stereocenters. The Morgan fingerprint density at radius 2 is 1.78 bits per heavy atom. The number of nitrogens with two attached hydrogens (primary N) is 1. The average molecular weight is 469 g/mol. The molecule has 1 aromatic rings. The summed E-state index contributed by atoms with van der Waals surface area (Å²) in [5, 5.41) is 0. The Kier molecular flexibility index (Phi) is 9.94. The molecule has 0 spiro atoms. The summed E-state index contributed by atoms with van der Waals surface area (Å²) in [6.45, 7) is 8.08. The molecule has 0 aromatic heterocycles. The summed E-state index contributed by atoms with van der Waals surface area (Å²) in [6, 6.07) is 8.43. The number of benzene rings is 1. The van der Waals surface area contributed by atoms with Crippen molar-refractivity contribution < 1.29 is 17.9 Å². The molecule has 1 fully saturated rings. The second-order valence-corrected chi connectivity index (χ2v) is 10.9. The highest BCUT2D eigenvalue weighted by Crippen LogP contribution is 2.32. The number of nitrogens with zero attached hydrogens (tertiary/aromatic N) is 3. The fraction of sp³-hybridized carbons (Fsp3) is 0.696. The van der Waals surface area contributed by atoms with Gasteiger partial charge in [0.1, 0.15) is 0 Å². The Labute approximate surface area is 193 Å². The van der Waals surface area contributed by atoms with Crippen molar-refractivity contribution in [1.82, 2.24) is 9.21 Å². The topological polar surface area (TPSA) is 96.2 Å². The van der Waals surface area contributed by atoms with Crippen molar-refractivity contribution in [2.24, 2.45) is 5.73 Å². The Morgan fingerprint density at radius 3 is 2.28 bits per heavy atom. The van der Waals surface area contributed by atoms with Gasteiger partial charge in [0.25, 0.3) is 0 Å². The van der Waals surface area contributed by atoms with Crippen LogP contribution in [0.1, 0.15) is 38.7 Å². The van der Waals surface area contributed by atoms with Gasteiger partial charge in [-0.3, -0.25) is 4.79 Å². The van der Waals surface area contributed by atoms with Crippen molar-refractivity contribution in [3.63, 3.8) is 0 Å². The van der Waals surface area contributed by atoms with E-state index >= 15 is 0 Å². The Balaban J connectivity index is 2.07. The van der Waals surface area contributed by atoms with Crippen LogP contribution in [0.3, 0.4) is 0 Å². The van der Waals surface area contributed by atoms with E-state index in [9.17, 15) is 13.2 Å². The number of methoxy groups -OCH3 is 1. The molecule has 0 unspecified atom stereocenters. The van der Waals surface area contributed by atoms with Crippen LogP contribution in [0, 0.1) is 0 Å². The number of carbonyl (C=O) groups excluding carboxylic acids is 1. The molecule has 1 heterocycles. The minimum absolute atomic E-state index is 0.203. The molecule has 1 aromatic carbocycles. The Morgan fingerprint density at radius 1 is 1.16 bits per heavy atom. The number of rotatable bonds is 13. The number of carbonyl (C=O) groups is 1. The molecule has 8 nitrogen and oxygen atoms in total. The number of likely N-dealkylation sites (tertiary alicyclic amines) is 1. The van der Waals surface area contributed by atoms with Gasteiger partial charge in [-0.1, -0.05) is 25.5 Å². The second-order valence-electron chi connectivity index (χ2n) is 8.52. The Bertz CT molecular complexity index is 821. The van der Waals surface area contributed by atoms with Crippen molar-refractivity contribution in [2.75, 3.05) is 64.9 Å². The maximum absolute atomic E-state index is 13.5. The van der Waals surface area contributed by atoms with E-state index in [4.69, 9.17) is 10.5 Å². The third-order valence-electron chi connectivity index (χ3n) is 6.54. The molecule has 1 saturated heterocycles. The number of primary amides is 1. The van der Waals surface area contributed by atoms with Gasteiger partial charge in [0.05, 0.1) is 6.61 Å². The molecule has 1 amide bonds. The van der Waals surface area contributed by atoms with Gasteiger partial charge in [0.2, 0.25) is 15.9 Å². The summed E-state index contributed by atoms with van der Waals surface area (Å²) in [5.74, 6) is -0.755. The Hall–Kier alpha value is -1.68. The lowest BCUT2D eigenvalue weighted by Crippen LogP contribution is -2.61. The SMILES string of the molecule is CCCc1ccc(N(CC)CCN(C)S(=O)(=O)C2(C(N)=O)CCN(CCOC)CC2)cc1. The van der Waals surface area contributed by atoms with Gasteiger partial charge in [-0.05, 0) is 43.9 Å². The normalized spacial score (nSPS) is 16.9. The van der Waals surface area contributed by atoms with Crippen LogP contribution in [0.2, 0.25) is 0 Å². The van der Waals surface area contributed by atoms with Crippen molar-refractivity contribution in [2.45, 2.75) is 44.3 Å². The average Bonchev–Trinajstić information content (AvgIpc) is 2.79. The van der Waals surface area contributed by atoms with Gasteiger partial charge in [-0.2, -0.15) is 0 Å². The fourth-order valence-corrected chi connectivity index (χ4v) is 6.17. The van der Waals surface area contributed by atoms with E-state index in [1.165, 1.54) is 9.87 Å². The van der Waals surface area contributed by atoms with Crippen LogP contribution in [0.5, 0.6) is 0 Å². The lowest BCUT2D eigenvalue weighted by molar-refractivity contribution is -0.121. The van der Waals surface area contributed by atoms with E-state index in [0.717, 1.165) is 25.1 Å². The number of sulfonamides is 1. The summed E-state index contributed by atoms with van der Waals surface area (Å²) < 4.78 is 31.8. The third-order valence-corrected chi connectivity index (χ3v) is 9.14. The van der Waals surface area contributed by atoms with E-state index in [2.05, 4.69) is 47.9 Å². The molecule has 9 heteroatoms. The molecule has 2 rings (SSSR count). The predicted molar refractivity (Wildman–Crippen MR) is 129 cm³/mol. The second kappa shape index (κ2) is 12.0. The number of ether oxygens (including phenoxy) is 1. The molecule has 0 aliphatic carbocycles. The van der Waals surface area contributed by atoms with Gasteiger partial charge >= 0.3 is 0 Å². The lowest BCUT2D eigenvalue weighted by atomic mass is 9.95. The zero-order valence-electron chi connectivity index (χ0n) is 20.0. The molecule has 0 saturated carbocycles. The van der Waals surface area contributed by atoms with Crippen LogP contribution in [0.4, 0.5) is 5.69 Å². The van der Waals surface area contributed by atoms with E-state index in [0.29, 0.717) is 32.8 Å². The third kappa shape index (κ3) is 6.01. The first-order chi connectivity index (χ1) is 15.2. The highest BCUT2D eigenvalue weighted by molar-refractivity contribution is 7.91. The number of hydrogen-bond donors (Lipinski definition) is 1. The van der Waals surface area contributed by atoms with E-state index in [1.54, 1.807) is 14.2 Å². The number of piperidine rings is 1. The van der Waals surface area contributed by atoms with Crippen molar-refractivity contribution >= 4 is 21.6 Å². The smallest absolute Gasteiger partial charge is 0.240 e. The van der Waals surface area contributed by atoms with Crippen LogP contribution < -0.4 is 10.6 Å². The molecule has 0 radical (unpaired) electrons. The zero-order valence-corrected chi connectivity index (χ0v) is 20.9. The van der Waals surface area contributed by atoms with Crippen LogP contribution in [-0.4, -0.2) is 88.3 Å². The summed E-state index contributed by atoms with van der Waals surface area (Å²) in [4.78, 5) is 16.7. The molecule has 0 bridgehead atoms. The van der Waals surface area contributed by atoms with Gasteiger partial charge in [-0.25, -0.2) is 12.7 Å². The summed E-state index contributed by atoms with van der Waals surface area (Å²) >= 11 is 0. The van der Waals surface area contributed by atoms with Gasteiger partial charge < -0.3 is 20.3 Å². The number of amides is 1. The summed E-state index contributed by atoms with van der Waals surface area (Å²) in [6.07, 6.45) is 2.56. The maximum Gasteiger partial charge on any atom is 0.240 e. The van der Waals surface area contributed by atoms with E-state index in [1.807, 2.05) is 0 Å². The van der Waals surface area contributed by atoms with Gasteiger partial charge in [0.15, 0.2) is 4.75 Å². The molecule has 1 aliphatic heterocycles. The number of anilines is 1. The minimum Gasteiger partial charge on any atom is -0.383 e. The van der Waals surface area contributed by atoms with Crippen LogP contribution in [0.25, 0.3) is 0 Å². The van der Waals surface area contributed by atoms with E-state index < -0.39 is 20.7 Å². The minimum atomic E-state index is -3.89. The molecule has 32 heavy (non-hydrogen) atoms. The standard InChI is InChI=1S/C23H40N4O4S/c1-5-7-20-8-10-21(11-9-20)27(6-2)17-16-25(3)32(29,30)23(22(24)28)12-14-26(15-13-23)18-19-31-4/h8-11H,5-7,12-19H2,1-4H3,(H2,24,28). The van der Waals surface area contributed by atoms with Crippen molar-refractivity contribution in [3.05, 3.63) is 29.8 Å². The van der Waals surface area contributed by atoms with Crippen LogP contribution in [-0.2, 0) is 26.0 Å². The van der Waals surface area contributed by atoms with E-state index in [-0.39, 0.29) is 19.4 Å². The van der Waals surface area contributed by atoms with Gasteiger partial charge in [0, 0.05) is 59.1 Å². The van der Waals surface area contributed by atoms with Crippen molar-refractivity contribution in [1.29, 1.82) is 0 Å². The highest BCUT2D eigenvalue weighted by atomic mass is 32.2. The van der Waals surface area contributed by atoms with Crippen molar-refractivity contribution in [3.8, 4) is 0 Å². The number of likely N-dealkylation sites (N-methyl/N-ethyl adjacent to an activating group) is 2. The number of aryl methyl sites for hydroxylation is 1. The molecular formula is C23H40N4O4S. The fourth-order valence-electron chi connectivity index (χ4n) is 4.30. The van der Waals surface area contributed by atoms with Crippen LogP contribution >= 0.6 is 0 Å². The first-order valence-corrected chi connectivity index (χ1v) is 13.0. The molecule has 2 N–H and O–H groups in total. The molecular weight excluding hydrogens is 428 g/mol.